The maximum Gasteiger partial charge on any atom is 0.228 e. The van der Waals surface area contributed by atoms with Gasteiger partial charge in [-0.3, -0.25) is 4.79 Å². The molecule has 2 N–H and O–H groups in total. The molecular weight excluding hydrogens is 230 g/mol. The number of carbonyl (C=O) groups excluding carboxylic acids is 1. The zero-order valence-corrected chi connectivity index (χ0v) is 9.93. The molecule has 0 saturated heterocycles. The standard InChI is InChI=1S/C14H13NO3/c1-8-2-5-12(18-8)14(17)9-3-4-11-10(6-9)7-13(16)15-11/h2-6,14,17H,7H2,1H3,(H,15,16). The fourth-order valence-electron chi connectivity index (χ4n) is 2.18. The Hall–Kier alpha value is -2.07. The monoisotopic (exact) mass is 243 g/mol. The summed E-state index contributed by atoms with van der Waals surface area (Å²) in [4.78, 5) is 11.3. The van der Waals surface area contributed by atoms with Gasteiger partial charge in [0.15, 0.2) is 0 Å². The van der Waals surface area contributed by atoms with Gasteiger partial charge in [-0.15, -0.1) is 0 Å². The topological polar surface area (TPSA) is 62.5 Å². The maximum atomic E-state index is 11.3. The van der Waals surface area contributed by atoms with Gasteiger partial charge in [-0.25, -0.2) is 0 Å². The van der Waals surface area contributed by atoms with Gasteiger partial charge < -0.3 is 14.8 Å². The molecule has 0 spiro atoms. The average molecular weight is 243 g/mol. The lowest BCUT2D eigenvalue weighted by molar-refractivity contribution is -0.115. The summed E-state index contributed by atoms with van der Waals surface area (Å²) < 4.78 is 5.41. The van der Waals surface area contributed by atoms with Crippen molar-refractivity contribution in [1.82, 2.24) is 0 Å². The number of hydrogen-bond acceptors (Lipinski definition) is 3. The summed E-state index contributed by atoms with van der Waals surface area (Å²) in [5, 5.41) is 13.0. The molecule has 4 nitrogen and oxygen atoms in total. The van der Waals surface area contributed by atoms with Gasteiger partial charge in [0.1, 0.15) is 17.6 Å². The number of amides is 1. The zero-order valence-electron chi connectivity index (χ0n) is 9.93. The molecule has 0 radical (unpaired) electrons. The molecule has 0 saturated carbocycles. The van der Waals surface area contributed by atoms with E-state index in [0.717, 1.165) is 22.6 Å². The fourth-order valence-corrected chi connectivity index (χ4v) is 2.18. The predicted molar refractivity (Wildman–Crippen MR) is 66.3 cm³/mol. The first-order valence-corrected chi connectivity index (χ1v) is 5.80. The third-order valence-corrected chi connectivity index (χ3v) is 3.10. The molecule has 0 bridgehead atoms. The number of nitrogens with one attached hydrogen (secondary N) is 1. The quantitative estimate of drug-likeness (QED) is 0.849. The van der Waals surface area contributed by atoms with Crippen molar-refractivity contribution in [1.29, 1.82) is 0 Å². The van der Waals surface area contributed by atoms with Crippen LogP contribution in [0.15, 0.2) is 34.7 Å². The molecule has 1 aromatic carbocycles. The highest BCUT2D eigenvalue weighted by atomic mass is 16.4. The molecule has 3 rings (SSSR count). The summed E-state index contributed by atoms with van der Waals surface area (Å²) in [7, 11) is 0. The van der Waals surface area contributed by atoms with E-state index in [0.29, 0.717) is 12.2 Å². The van der Waals surface area contributed by atoms with Crippen LogP contribution in [0.1, 0.15) is 28.8 Å². The van der Waals surface area contributed by atoms with Crippen molar-refractivity contribution in [3.05, 3.63) is 53.0 Å². The molecular formula is C14H13NO3. The number of aliphatic hydroxyl groups excluding tert-OH is 1. The van der Waals surface area contributed by atoms with E-state index in [1.807, 2.05) is 25.1 Å². The van der Waals surface area contributed by atoms with Crippen LogP contribution in [-0.2, 0) is 11.2 Å². The van der Waals surface area contributed by atoms with Crippen LogP contribution in [0.4, 0.5) is 5.69 Å². The highest BCUT2D eigenvalue weighted by molar-refractivity contribution is 5.99. The van der Waals surface area contributed by atoms with Crippen LogP contribution in [0.5, 0.6) is 0 Å². The molecule has 1 unspecified atom stereocenters. The molecule has 2 aromatic rings. The molecule has 1 amide bonds. The van der Waals surface area contributed by atoms with E-state index in [1.165, 1.54) is 0 Å². The fraction of sp³-hybridized carbons (Fsp3) is 0.214. The van der Waals surface area contributed by atoms with E-state index in [4.69, 9.17) is 4.42 Å². The Morgan fingerprint density at radius 2 is 2.17 bits per heavy atom. The second kappa shape index (κ2) is 3.99. The lowest BCUT2D eigenvalue weighted by Crippen LogP contribution is -2.03. The highest BCUT2D eigenvalue weighted by Crippen LogP contribution is 2.29. The van der Waals surface area contributed by atoms with Crippen LogP contribution >= 0.6 is 0 Å². The second-order valence-electron chi connectivity index (χ2n) is 4.49. The van der Waals surface area contributed by atoms with Crippen molar-refractivity contribution in [3.8, 4) is 0 Å². The van der Waals surface area contributed by atoms with Gasteiger partial charge in [0.05, 0.1) is 6.42 Å². The zero-order chi connectivity index (χ0) is 12.7. The van der Waals surface area contributed by atoms with Crippen LogP contribution < -0.4 is 5.32 Å². The lowest BCUT2D eigenvalue weighted by atomic mass is 10.0. The SMILES string of the molecule is Cc1ccc(C(O)c2ccc3c(c2)CC(=O)N3)o1. The molecule has 4 heteroatoms. The van der Waals surface area contributed by atoms with Crippen LogP contribution in [0.2, 0.25) is 0 Å². The van der Waals surface area contributed by atoms with Crippen LogP contribution in [0, 0.1) is 6.92 Å². The van der Waals surface area contributed by atoms with Crippen LogP contribution in [0.25, 0.3) is 0 Å². The first-order valence-electron chi connectivity index (χ1n) is 5.80. The number of hydrogen-bond donors (Lipinski definition) is 2. The van der Waals surface area contributed by atoms with Gasteiger partial charge in [0.2, 0.25) is 5.91 Å². The number of aliphatic hydroxyl groups is 1. The summed E-state index contributed by atoms with van der Waals surface area (Å²) in [5.74, 6) is 1.28. The predicted octanol–water partition coefficient (Wildman–Crippen LogP) is 2.16. The van der Waals surface area contributed by atoms with E-state index < -0.39 is 6.10 Å². The molecule has 1 aromatic heterocycles. The molecule has 92 valence electrons. The van der Waals surface area contributed by atoms with E-state index in [-0.39, 0.29) is 5.91 Å². The minimum Gasteiger partial charge on any atom is -0.463 e. The molecule has 0 aliphatic carbocycles. The Morgan fingerprint density at radius 3 is 2.89 bits per heavy atom. The first-order chi connectivity index (χ1) is 8.63. The number of carbonyl (C=O) groups is 1. The van der Waals surface area contributed by atoms with Crippen molar-refractivity contribution < 1.29 is 14.3 Å². The molecule has 0 fully saturated rings. The first kappa shape index (κ1) is 11.0. The Bertz CT molecular complexity index is 615. The maximum absolute atomic E-state index is 11.3. The van der Waals surface area contributed by atoms with Gasteiger partial charge in [-0.2, -0.15) is 0 Å². The summed E-state index contributed by atoms with van der Waals surface area (Å²) >= 11 is 0. The Morgan fingerprint density at radius 1 is 1.33 bits per heavy atom. The number of benzene rings is 1. The van der Waals surface area contributed by atoms with Crippen molar-refractivity contribution in [2.45, 2.75) is 19.4 Å². The number of anilines is 1. The van der Waals surface area contributed by atoms with E-state index in [9.17, 15) is 9.90 Å². The van der Waals surface area contributed by atoms with Gasteiger partial charge in [0, 0.05) is 5.69 Å². The van der Waals surface area contributed by atoms with E-state index in [2.05, 4.69) is 5.32 Å². The minimum atomic E-state index is -0.792. The van der Waals surface area contributed by atoms with Gasteiger partial charge >= 0.3 is 0 Å². The Balaban J connectivity index is 1.94. The Labute approximate surface area is 104 Å². The Kier molecular flexibility index (Phi) is 2.45. The normalized spacial score (nSPS) is 15.3. The van der Waals surface area contributed by atoms with Crippen molar-refractivity contribution in [2.24, 2.45) is 0 Å². The minimum absolute atomic E-state index is 0.00881. The number of aryl methyl sites for hydroxylation is 1. The van der Waals surface area contributed by atoms with Gasteiger partial charge in [0.25, 0.3) is 0 Å². The third kappa shape index (κ3) is 1.80. The van der Waals surface area contributed by atoms with Gasteiger partial charge in [-0.05, 0) is 36.2 Å². The molecule has 1 aliphatic rings. The van der Waals surface area contributed by atoms with Crippen LogP contribution in [0.3, 0.4) is 0 Å². The van der Waals surface area contributed by atoms with E-state index in [1.54, 1.807) is 12.1 Å². The summed E-state index contributed by atoms with van der Waals surface area (Å²) in [6, 6.07) is 9.03. The lowest BCUT2D eigenvalue weighted by Gasteiger charge is -2.09. The molecule has 2 heterocycles. The average Bonchev–Trinajstić information content (AvgIpc) is 2.92. The van der Waals surface area contributed by atoms with Crippen molar-refractivity contribution >= 4 is 11.6 Å². The molecule has 1 aliphatic heterocycles. The van der Waals surface area contributed by atoms with Gasteiger partial charge in [-0.1, -0.05) is 12.1 Å². The number of fused-ring (bicyclic) bond motifs is 1. The van der Waals surface area contributed by atoms with Crippen molar-refractivity contribution in [2.75, 3.05) is 5.32 Å². The van der Waals surface area contributed by atoms with Crippen LogP contribution in [-0.4, -0.2) is 11.0 Å². The van der Waals surface area contributed by atoms with E-state index >= 15 is 0 Å². The second-order valence-corrected chi connectivity index (χ2v) is 4.49. The largest absolute Gasteiger partial charge is 0.463 e. The third-order valence-electron chi connectivity index (χ3n) is 3.10. The number of rotatable bonds is 2. The summed E-state index contributed by atoms with van der Waals surface area (Å²) in [5.41, 5.74) is 2.48. The van der Waals surface area contributed by atoms with Crippen molar-refractivity contribution in [3.63, 3.8) is 0 Å². The number of furan rings is 1. The molecule has 18 heavy (non-hydrogen) atoms. The summed E-state index contributed by atoms with van der Waals surface area (Å²) in [6.45, 7) is 1.83. The highest BCUT2D eigenvalue weighted by Gasteiger charge is 2.21. The smallest absolute Gasteiger partial charge is 0.228 e. The molecule has 1 atom stereocenters. The summed E-state index contributed by atoms with van der Waals surface area (Å²) in [6.07, 6.45) is -0.424.